The smallest absolute Gasteiger partial charge is 0.227 e. The molecule has 1 aliphatic rings. The lowest BCUT2D eigenvalue weighted by Crippen LogP contribution is -2.38. The maximum absolute atomic E-state index is 12.2. The molecule has 4 heteroatoms. The Morgan fingerprint density at radius 2 is 2.20 bits per heavy atom. The third-order valence-corrected chi connectivity index (χ3v) is 3.78. The van der Waals surface area contributed by atoms with Gasteiger partial charge in [-0.15, -0.1) is 0 Å². The summed E-state index contributed by atoms with van der Waals surface area (Å²) in [5.41, 5.74) is 2.02. The third kappa shape index (κ3) is 4.07. The zero-order chi connectivity index (χ0) is 14.4. The van der Waals surface area contributed by atoms with Crippen LogP contribution in [0.15, 0.2) is 24.3 Å². The highest BCUT2D eigenvalue weighted by atomic mass is 16.1. The first kappa shape index (κ1) is 14.5. The standard InChI is InChI=1S/C16H21N3O/c1-13-4-2-5-15(12-13)18-16(20)14-6-10-19(11-7-14)9-3-8-17/h2,4-5,12,14H,3,6-7,9-11H2,1H3,(H,18,20). The number of rotatable bonds is 4. The number of carbonyl (C=O) groups excluding carboxylic acids is 1. The van der Waals surface area contributed by atoms with Crippen LogP contribution in [-0.4, -0.2) is 30.4 Å². The van der Waals surface area contributed by atoms with Crippen molar-refractivity contribution >= 4 is 11.6 Å². The van der Waals surface area contributed by atoms with Crippen molar-refractivity contribution in [3.63, 3.8) is 0 Å². The van der Waals surface area contributed by atoms with Crippen LogP contribution >= 0.6 is 0 Å². The predicted octanol–water partition coefficient (Wildman–Crippen LogP) is 2.56. The van der Waals surface area contributed by atoms with Gasteiger partial charge in [-0.3, -0.25) is 4.79 Å². The number of nitrogens with one attached hydrogen (secondary N) is 1. The summed E-state index contributed by atoms with van der Waals surface area (Å²) in [5.74, 6) is 0.212. The minimum atomic E-state index is 0.0915. The molecule has 1 aromatic rings. The molecule has 1 N–H and O–H groups in total. The van der Waals surface area contributed by atoms with Gasteiger partial charge in [0.1, 0.15) is 0 Å². The van der Waals surface area contributed by atoms with Crippen LogP contribution in [-0.2, 0) is 4.79 Å². The number of nitrogens with zero attached hydrogens (tertiary/aromatic N) is 2. The molecular weight excluding hydrogens is 250 g/mol. The first-order valence-corrected chi connectivity index (χ1v) is 7.16. The largest absolute Gasteiger partial charge is 0.326 e. The minimum Gasteiger partial charge on any atom is -0.326 e. The topological polar surface area (TPSA) is 56.1 Å². The number of benzene rings is 1. The van der Waals surface area contributed by atoms with Crippen LogP contribution in [0.5, 0.6) is 0 Å². The number of carbonyl (C=O) groups is 1. The number of aryl methyl sites for hydroxylation is 1. The maximum atomic E-state index is 12.2. The van der Waals surface area contributed by atoms with Crippen LogP contribution in [0, 0.1) is 24.2 Å². The van der Waals surface area contributed by atoms with Crippen LogP contribution < -0.4 is 5.32 Å². The van der Waals surface area contributed by atoms with Gasteiger partial charge in [0, 0.05) is 24.6 Å². The van der Waals surface area contributed by atoms with E-state index in [-0.39, 0.29) is 11.8 Å². The Labute approximate surface area is 120 Å². The molecule has 0 atom stereocenters. The number of amides is 1. The highest BCUT2D eigenvalue weighted by Crippen LogP contribution is 2.20. The fourth-order valence-electron chi connectivity index (χ4n) is 2.59. The molecule has 0 saturated carbocycles. The first-order valence-electron chi connectivity index (χ1n) is 7.16. The van der Waals surface area contributed by atoms with Gasteiger partial charge in [0.15, 0.2) is 0 Å². The van der Waals surface area contributed by atoms with E-state index >= 15 is 0 Å². The second-order valence-electron chi connectivity index (χ2n) is 5.38. The third-order valence-electron chi connectivity index (χ3n) is 3.78. The van der Waals surface area contributed by atoms with Crippen molar-refractivity contribution in [1.29, 1.82) is 5.26 Å². The molecule has 1 amide bonds. The van der Waals surface area contributed by atoms with E-state index in [1.54, 1.807) is 0 Å². The van der Waals surface area contributed by atoms with Crippen molar-refractivity contribution in [2.45, 2.75) is 26.2 Å². The number of hydrogen-bond acceptors (Lipinski definition) is 3. The van der Waals surface area contributed by atoms with Gasteiger partial charge in [-0.1, -0.05) is 12.1 Å². The summed E-state index contributed by atoms with van der Waals surface area (Å²) in [6, 6.07) is 10.0. The van der Waals surface area contributed by atoms with Crippen LogP contribution in [0.3, 0.4) is 0 Å². The van der Waals surface area contributed by atoms with Gasteiger partial charge in [-0.25, -0.2) is 0 Å². The molecular formula is C16H21N3O. The SMILES string of the molecule is Cc1cccc(NC(=O)C2CCN(CCC#N)CC2)c1. The summed E-state index contributed by atoms with van der Waals surface area (Å²) in [5, 5.41) is 11.6. The molecule has 1 heterocycles. The lowest BCUT2D eigenvalue weighted by molar-refractivity contribution is -0.121. The lowest BCUT2D eigenvalue weighted by atomic mass is 9.95. The fourth-order valence-corrected chi connectivity index (χ4v) is 2.59. The van der Waals surface area contributed by atoms with Gasteiger partial charge in [-0.2, -0.15) is 5.26 Å². The second-order valence-corrected chi connectivity index (χ2v) is 5.38. The summed E-state index contributed by atoms with van der Waals surface area (Å²) in [6.45, 7) is 4.66. The molecule has 1 aromatic carbocycles. The van der Waals surface area contributed by atoms with Crippen molar-refractivity contribution in [2.24, 2.45) is 5.92 Å². The fraction of sp³-hybridized carbons (Fsp3) is 0.500. The Hall–Kier alpha value is -1.86. The quantitative estimate of drug-likeness (QED) is 0.915. The summed E-state index contributed by atoms with van der Waals surface area (Å²) >= 11 is 0. The molecule has 1 saturated heterocycles. The van der Waals surface area contributed by atoms with Crippen molar-refractivity contribution in [3.05, 3.63) is 29.8 Å². The van der Waals surface area contributed by atoms with E-state index in [2.05, 4.69) is 16.3 Å². The molecule has 106 valence electrons. The summed E-state index contributed by atoms with van der Waals surface area (Å²) < 4.78 is 0. The van der Waals surface area contributed by atoms with E-state index < -0.39 is 0 Å². The van der Waals surface area contributed by atoms with E-state index in [0.717, 1.165) is 43.7 Å². The Bertz CT molecular complexity index is 499. The lowest BCUT2D eigenvalue weighted by Gasteiger charge is -2.30. The van der Waals surface area contributed by atoms with Gasteiger partial charge in [0.2, 0.25) is 5.91 Å². The molecule has 0 radical (unpaired) electrons. The van der Waals surface area contributed by atoms with Crippen molar-refractivity contribution < 1.29 is 4.79 Å². The average molecular weight is 271 g/mol. The molecule has 1 aliphatic heterocycles. The molecule has 0 aromatic heterocycles. The first-order chi connectivity index (χ1) is 9.69. The highest BCUT2D eigenvalue weighted by Gasteiger charge is 2.24. The molecule has 1 fully saturated rings. The van der Waals surface area contributed by atoms with Gasteiger partial charge >= 0.3 is 0 Å². The summed E-state index contributed by atoms with van der Waals surface area (Å²) in [7, 11) is 0. The number of anilines is 1. The van der Waals surface area contributed by atoms with Crippen LogP contribution in [0.25, 0.3) is 0 Å². The molecule has 0 aliphatic carbocycles. The van der Waals surface area contributed by atoms with Gasteiger partial charge < -0.3 is 10.2 Å². The molecule has 0 bridgehead atoms. The van der Waals surface area contributed by atoms with Crippen molar-refractivity contribution in [3.8, 4) is 6.07 Å². The Morgan fingerprint density at radius 3 is 2.85 bits per heavy atom. The predicted molar refractivity (Wildman–Crippen MR) is 79.2 cm³/mol. The zero-order valence-corrected chi connectivity index (χ0v) is 11.9. The number of likely N-dealkylation sites (tertiary alicyclic amines) is 1. The maximum Gasteiger partial charge on any atom is 0.227 e. The normalized spacial score (nSPS) is 16.6. The summed E-state index contributed by atoms with van der Waals surface area (Å²) in [6.07, 6.45) is 2.33. The number of piperidine rings is 1. The van der Waals surface area contributed by atoms with Gasteiger partial charge in [0.05, 0.1) is 6.07 Å². The van der Waals surface area contributed by atoms with Crippen molar-refractivity contribution in [2.75, 3.05) is 25.0 Å². The Kier molecular flexibility index (Phi) is 5.14. The molecule has 0 spiro atoms. The molecule has 2 rings (SSSR count). The summed E-state index contributed by atoms with van der Waals surface area (Å²) in [4.78, 5) is 14.5. The molecule has 0 unspecified atom stereocenters. The molecule has 4 nitrogen and oxygen atoms in total. The Balaban J connectivity index is 1.82. The highest BCUT2D eigenvalue weighted by molar-refractivity contribution is 5.92. The van der Waals surface area contributed by atoms with E-state index in [1.807, 2.05) is 31.2 Å². The van der Waals surface area contributed by atoms with Gasteiger partial charge in [0.25, 0.3) is 0 Å². The van der Waals surface area contributed by atoms with Crippen molar-refractivity contribution in [1.82, 2.24) is 4.90 Å². The molecule has 20 heavy (non-hydrogen) atoms. The van der Waals surface area contributed by atoms with E-state index in [0.29, 0.717) is 6.42 Å². The van der Waals surface area contributed by atoms with E-state index in [4.69, 9.17) is 5.26 Å². The van der Waals surface area contributed by atoms with E-state index in [9.17, 15) is 4.79 Å². The van der Waals surface area contributed by atoms with Gasteiger partial charge in [-0.05, 0) is 50.6 Å². The second kappa shape index (κ2) is 7.06. The Morgan fingerprint density at radius 1 is 1.45 bits per heavy atom. The number of nitriles is 1. The van der Waals surface area contributed by atoms with Crippen LogP contribution in [0.1, 0.15) is 24.8 Å². The van der Waals surface area contributed by atoms with Crippen LogP contribution in [0.4, 0.5) is 5.69 Å². The monoisotopic (exact) mass is 271 g/mol. The minimum absolute atomic E-state index is 0.0915. The zero-order valence-electron chi connectivity index (χ0n) is 11.9. The average Bonchev–Trinajstić information content (AvgIpc) is 2.45. The number of hydrogen-bond donors (Lipinski definition) is 1. The van der Waals surface area contributed by atoms with E-state index in [1.165, 1.54) is 0 Å². The van der Waals surface area contributed by atoms with Crippen LogP contribution in [0.2, 0.25) is 0 Å².